The topological polar surface area (TPSA) is 51.5 Å². The largest absolute Gasteiger partial charge is 0.380 e. The smallest absolute Gasteiger partial charge is 0.173 e. The molecule has 3 rings (SSSR count). The van der Waals surface area contributed by atoms with Gasteiger partial charge in [0.05, 0.1) is 24.8 Å². The number of likely N-dealkylation sites (tertiary alicyclic amines) is 1. The van der Waals surface area contributed by atoms with Crippen molar-refractivity contribution in [2.24, 2.45) is 0 Å². The normalized spacial score (nSPS) is 15.8. The Kier molecular flexibility index (Phi) is 5.48. The van der Waals surface area contributed by atoms with Crippen LogP contribution in [-0.2, 0) is 16.0 Å². The van der Waals surface area contributed by atoms with E-state index in [4.69, 9.17) is 9.47 Å². The van der Waals surface area contributed by atoms with Gasteiger partial charge in [0.2, 0.25) is 0 Å². The molecule has 2 heterocycles. The van der Waals surface area contributed by atoms with E-state index in [1.807, 2.05) is 6.20 Å². The number of hydrogen-bond acceptors (Lipinski definition) is 5. The molecule has 1 aromatic carbocycles. The van der Waals surface area contributed by atoms with Crippen LogP contribution in [0.1, 0.15) is 12.8 Å². The Morgan fingerprint density at radius 2 is 1.96 bits per heavy atom. The summed E-state index contributed by atoms with van der Waals surface area (Å²) in [6.07, 6.45) is 4.36. The maximum Gasteiger partial charge on any atom is 0.173 e. The summed E-state index contributed by atoms with van der Waals surface area (Å²) in [7, 11) is 3.28. The lowest BCUT2D eigenvalue weighted by atomic mass is 10.2. The highest BCUT2D eigenvalue weighted by molar-refractivity contribution is 5.82. The monoisotopic (exact) mass is 318 g/mol. The fourth-order valence-corrected chi connectivity index (χ4v) is 3.08. The fraction of sp³-hybridized carbons (Fsp3) is 0.588. The Balaban J connectivity index is 1.62. The van der Waals surface area contributed by atoms with Crippen molar-refractivity contribution in [3.8, 4) is 0 Å². The van der Waals surface area contributed by atoms with Gasteiger partial charge in [-0.3, -0.25) is 4.68 Å². The predicted octanol–water partition coefficient (Wildman–Crippen LogP) is 2.16. The van der Waals surface area contributed by atoms with Crippen LogP contribution < -0.4 is 5.32 Å². The molecule has 1 aliphatic heterocycles. The van der Waals surface area contributed by atoms with Gasteiger partial charge in [-0.05, 0) is 44.1 Å². The van der Waals surface area contributed by atoms with E-state index in [2.05, 4.69) is 38.2 Å². The van der Waals surface area contributed by atoms with E-state index in [9.17, 15) is 0 Å². The van der Waals surface area contributed by atoms with E-state index >= 15 is 0 Å². The second-order valence-corrected chi connectivity index (χ2v) is 5.97. The average molecular weight is 318 g/mol. The number of methoxy groups -OCH3 is 2. The SMILES string of the molecule is COC(CNc1ccc2c(cnn2CCN2CCCC2)c1)OC. The molecule has 0 radical (unpaired) electrons. The van der Waals surface area contributed by atoms with Crippen LogP contribution >= 0.6 is 0 Å². The zero-order valence-electron chi connectivity index (χ0n) is 14.0. The van der Waals surface area contributed by atoms with Crippen molar-refractivity contribution in [1.29, 1.82) is 0 Å². The Labute approximate surface area is 137 Å². The maximum atomic E-state index is 5.19. The Morgan fingerprint density at radius 3 is 2.70 bits per heavy atom. The van der Waals surface area contributed by atoms with Crippen LogP contribution in [0.2, 0.25) is 0 Å². The number of anilines is 1. The lowest BCUT2D eigenvalue weighted by Gasteiger charge is -2.15. The number of hydrogen-bond donors (Lipinski definition) is 1. The molecule has 0 bridgehead atoms. The van der Waals surface area contributed by atoms with Gasteiger partial charge in [-0.1, -0.05) is 0 Å². The third-order valence-electron chi connectivity index (χ3n) is 4.47. The zero-order chi connectivity index (χ0) is 16.1. The minimum Gasteiger partial charge on any atom is -0.380 e. The Bertz CT molecular complexity index is 618. The van der Waals surface area contributed by atoms with Crippen molar-refractivity contribution in [2.75, 3.05) is 45.7 Å². The molecule has 0 saturated carbocycles. The van der Waals surface area contributed by atoms with Gasteiger partial charge in [0, 0.05) is 31.8 Å². The van der Waals surface area contributed by atoms with Gasteiger partial charge >= 0.3 is 0 Å². The van der Waals surface area contributed by atoms with Gasteiger partial charge in [0.25, 0.3) is 0 Å². The van der Waals surface area contributed by atoms with Crippen molar-refractivity contribution < 1.29 is 9.47 Å². The third kappa shape index (κ3) is 4.02. The Hall–Kier alpha value is -1.63. The minimum absolute atomic E-state index is 0.242. The second-order valence-electron chi connectivity index (χ2n) is 5.97. The van der Waals surface area contributed by atoms with Gasteiger partial charge < -0.3 is 19.7 Å². The van der Waals surface area contributed by atoms with Gasteiger partial charge in [0.1, 0.15) is 0 Å². The molecule has 1 saturated heterocycles. The molecule has 0 aliphatic carbocycles. The second kappa shape index (κ2) is 7.77. The van der Waals surface area contributed by atoms with E-state index in [0.29, 0.717) is 6.54 Å². The van der Waals surface area contributed by atoms with Crippen LogP contribution in [-0.4, -0.2) is 61.4 Å². The first-order chi connectivity index (χ1) is 11.3. The first-order valence-electron chi connectivity index (χ1n) is 8.27. The lowest BCUT2D eigenvalue weighted by molar-refractivity contribution is -0.0914. The molecule has 6 nitrogen and oxygen atoms in total. The van der Waals surface area contributed by atoms with Crippen molar-refractivity contribution in [3.05, 3.63) is 24.4 Å². The molecule has 126 valence electrons. The molecule has 6 heteroatoms. The van der Waals surface area contributed by atoms with E-state index in [1.165, 1.54) is 31.4 Å². The predicted molar refractivity (Wildman–Crippen MR) is 91.7 cm³/mol. The molecule has 0 spiro atoms. The quantitative estimate of drug-likeness (QED) is 0.756. The van der Waals surface area contributed by atoms with Crippen molar-refractivity contribution in [1.82, 2.24) is 14.7 Å². The zero-order valence-corrected chi connectivity index (χ0v) is 14.0. The number of benzene rings is 1. The molecule has 1 aromatic heterocycles. The number of nitrogens with one attached hydrogen (secondary N) is 1. The Morgan fingerprint density at radius 1 is 1.17 bits per heavy atom. The standard InChI is InChI=1S/C17H26N4O2/c1-22-17(23-2)13-18-15-5-6-16-14(11-15)12-19-21(16)10-9-20-7-3-4-8-20/h5-6,11-12,17-18H,3-4,7-10,13H2,1-2H3. The van der Waals surface area contributed by atoms with Crippen LogP contribution in [0.5, 0.6) is 0 Å². The molecule has 1 aliphatic rings. The van der Waals surface area contributed by atoms with E-state index in [0.717, 1.165) is 24.2 Å². The summed E-state index contributed by atoms with van der Waals surface area (Å²) in [6.45, 7) is 5.11. The maximum absolute atomic E-state index is 5.19. The molecule has 0 amide bonds. The average Bonchev–Trinajstić information content (AvgIpc) is 3.23. The fourth-order valence-electron chi connectivity index (χ4n) is 3.08. The lowest BCUT2D eigenvalue weighted by Crippen LogP contribution is -2.24. The van der Waals surface area contributed by atoms with E-state index in [-0.39, 0.29) is 6.29 Å². The summed E-state index contributed by atoms with van der Waals surface area (Å²) in [5.74, 6) is 0. The molecule has 0 unspecified atom stereocenters. The molecular formula is C17H26N4O2. The highest BCUT2D eigenvalue weighted by Gasteiger charge is 2.12. The molecule has 1 N–H and O–H groups in total. The van der Waals surface area contributed by atoms with Crippen molar-refractivity contribution in [2.45, 2.75) is 25.7 Å². The van der Waals surface area contributed by atoms with Crippen LogP contribution in [0.15, 0.2) is 24.4 Å². The summed E-state index contributed by atoms with van der Waals surface area (Å²) >= 11 is 0. The van der Waals surface area contributed by atoms with Crippen molar-refractivity contribution >= 4 is 16.6 Å². The van der Waals surface area contributed by atoms with Crippen molar-refractivity contribution in [3.63, 3.8) is 0 Å². The summed E-state index contributed by atoms with van der Waals surface area (Å²) in [5.41, 5.74) is 2.24. The van der Waals surface area contributed by atoms with E-state index < -0.39 is 0 Å². The first-order valence-corrected chi connectivity index (χ1v) is 8.27. The molecule has 23 heavy (non-hydrogen) atoms. The first kappa shape index (κ1) is 16.2. The summed E-state index contributed by atoms with van der Waals surface area (Å²) in [4.78, 5) is 2.51. The minimum atomic E-state index is -0.242. The van der Waals surface area contributed by atoms with Gasteiger partial charge in [-0.15, -0.1) is 0 Å². The van der Waals surface area contributed by atoms with Gasteiger partial charge in [-0.25, -0.2) is 0 Å². The number of ether oxygens (including phenoxy) is 2. The van der Waals surface area contributed by atoms with Crippen LogP contribution in [0, 0.1) is 0 Å². The molecule has 1 fully saturated rings. The number of rotatable bonds is 8. The number of aromatic nitrogens is 2. The van der Waals surface area contributed by atoms with Crippen LogP contribution in [0.4, 0.5) is 5.69 Å². The highest BCUT2D eigenvalue weighted by Crippen LogP contribution is 2.19. The summed E-state index contributed by atoms with van der Waals surface area (Å²) < 4.78 is 12.5. The number of nitrogens with zero attached hydrogens (tertiary/aromatic N) is 3. The molecule has 2 aromatic rings. The third-order valence-corrected chi connectivity index (χ3v) is 4.47. The highest BCUT2D eigenvalue weighted by atomic mass is 16.7. The number of fused-ring (bicyclic) bond motifs is 1. The summed E-state index contributed by atoms with van der Waals surface area (Å²) in [6, 6.07) is 6.33. The molecule has 0 atom stereocenters. The van der Waals surface area contributed by atoms with Gasteiger partial charge in [0.15, 0.2) is 6.29 Å². The van der Waals surface area contributed by atoms with Crippen LogP contribution in [0.25, 0.3) is 10.9 Å². The van der Waals surface area contributed by atoms with Gasteiger partial charge in [-0.2, -0.15) is 5.10 Å². The van der Waals surface area contributed by atoms with Crippen LogP contribution in [0.3, 0.4) is 0 Å². The molecular weight excluding hydrogens is 292 g/mol. The van der Waals surface area contributed by atoms with E-state index in [1.54, 1.807) is 14.2 Å². The summed E-state index contributed by atoms with van der Waals surface area (Å²) in [5, 5.41) is 9.02.